The first-order valence-corrected chi connectivity index (χ1v) is 8.83. The van der Waals surface area contributed by atoms with Crippen LogP contribution < -0.4 is 10.9 Å². The fourth-order valence-corrected chi connectivity index (χ4v) is 3.28. The number of anilines is 1. The summed E-state index contributed by atoms with van der Waals surface area (Å²) in [7, 11) is 0. The van der Waals surface area contributed by atoms with Gasteiger partial charge in [0.05, 0.1) is 16.4 Å². The van der Waals surface area contributed by atoms with Gasteiger partial charge in [0.15, 0.2) is 0 Å². The Bertz CT molecular complexity index is 1040. The number of hydrogen-bond acceptors (Lipinski definition) is 2. The number of halogens is 1. The second-order valence-corrected chi connectivity index (χ2v) is 7.86. The van der Waals surface area contributed by atoms with E-state index in [-0.39, 0.29) is 18.0 Å². The summed E-state index contributed by atoms with van der Waals surface area (Å²) in [5, 5.41) is 3.96. The maximum atomic E-state index is 12.9. The van der Waals surface area contributed by atoms with Crippen LogP contribution in [0.25, 0.3) is 10.9 Å². The Morgan fingerprint density at radius 1 is 1.15 bits per heavy atom. The Labute approximate surface area is 157 Å². The monoisotopic (exact) mass is 371 g/mol. The molecule has 0 aliphatic carbocycles. The van der Waals surface area contributed by atoms with Gasteiger partial charge in [0.1, 0.15) is 6.54 Å². The van der Waals surface area contributed by atoms with Gasteiger partial charge in [0.25, 0.3) is 5.56 Å². The number of carbonyl (C=O) groups excluding carboxylic acids is 1. The molecule has 5 nitrogen and oxygen atoms in total. The predicted molar refractivity (Wildman–Crippen MR) is 106 cm³/mol. The Morgan fingerprint density at radius 3 is 2.54 bits per heavy atom. The number of amides is 1. The zero-order valence-corrected chi connectivity index (χ0v) is 16.1. The summed E-state index contributed by atoms with van der Waals surface area (Å²) >= 11 is 6.13. The van der Waals surface area contributed by atoms with Crippen LogP contribution in [0.1, 0.15) is 26.3 Å². The molecule has 0 bridgehead atoms. The molecule has 1 N–H and O–H groups in total. The van der Waals surface area contributed by atoms with Gasteiger partial charge in [0.2, 0.25) is 5.91 Å². The molecule has 0 saturated heterocycles. The molecule has 0 spiro atoms. The van der Waals surface area contributed by atoms with E-state index in [0.717, 1.165) is 11.3 Å². The van der Waals surface area contributed by atoms with E-state index in [4.69, 9.17) is 11.6 Å². The van der Waals surface area contributed by atoms with Gasteiger partial charge in [-0.15, -0.1) is 0 Å². The molecule has 0 unspecified atom stereocenters. The van der Waals surface area contributed by atoms with Crippen molar-refractivity contribution in [2.75, 3.05) is 5.32 Å². The van der Waals surface area contributed by atoms with Crippen LogP contribution in [0.5, 0.6) is 0 Å². The van der Waals surface area contributed by atoms with Crippen molar-refractivity contribution >= 4 is 34.1 Å². The molecule has 1 heterocycles. The maximum absolute atomic E-state index is 12.9. The topological polar surface area (TPSA) is 56.0 Å². The van der Waals surface area contributed by atoms with Crippen molar-refractivity contribution in [2.24, 2.45) is 0 Å². The molecule has 3 rings (SSSR count). The largest absolute Gasteiger partial charge is 0.324 e. The number of carbonyl (C=O) groups is 1. The molecule has 0 fully saturated rings. The van der Waals surface area contributed by atoms with Gasteiger partial charge in [-0.05, 0) is 63.6 Å². The fourth-order valence-electron chi connectivity index (χ4n) is 3.11. The molecule has 1 amide bonds. The third kappa shape index (κ3) is 3.53. The maximum Gasteiger partial charge on any atom is 0.275 e. The van der Waals surface area contributed by atoms with Crippen LogP contribution in [0.3, 0.4) is 0 Å². The predicted octanol–water partition coefficient (Wildman–Crippen LogP) is 4.16. The van der Waals surface area contributed by atoms with E-state index in [1.54, 1.807) is 27.6 Å². The van der Waals surface area contributed by atoms with Gasteiger partial charge in [0, 0.05) is 10.7 Å². The van der Waals surface area contributed by atoms with Crippen LogP contribution in [-0.2, 0) is 16.9 Å². The summed E-state index contributed by atoms with van der Waals surface area (Å²) < 4.78 is 3.32. The van der Waals surface area contributed by atoms with E-state index < -0.39 is 5.54 Å². The van der Waals surface area contributed by atoms with Crippen molar-refractivity contribution < 1.29 is 4.79 Å². The molecule has 6 heteroatoms. The van der Waals surface area contributed by atoms with E-state index in [2.05, 4.69) is 5.32 Å². The number of hydrogen-bond donors (Lipinski definition) is 1. The van der Waals surface area contributed by atoms with Crippen molar-refractivity contribution in [3.05, 3.63) is 63.4 Å². The van der Waals surface area contributed by atoms with Crippen LogP contribution >= 0.6 is 11.6 Å². The Hall–Kier alpha value is -2.53. The molecule has 0 radical (unpaired) electrons. The van der Waals surface area contributed by atoms with Crippen LogP contribution in [0.2, 0.25) is 5.02 Å². The molecule has 0 aliphatic heterocycles. The zero-order chi connectivity index (χ0) is 19.1. The van der Waals surface area contributed by atoms with Gasteiger partial charge in [-0.3, -0.25) is 14.3 Å². The first kappa shape index (κ1) is 18.3. The molecule has 26 heavy (non-hydrogen) atoms. The first-order chi connectivity index (χ1) is 12.2. The molecular formula is C20H22ClN3O2. The molecule has 0 atom stereocenters. The fraction of sp³-hybridized carbons (Fsp3) is 0.300. The number of aryl methyl sites for hydroxylation is 1. The second kappa shape index (κ2) is 6.65. The van der Waals surface area contributed by atoms with Crippen molar-refractivity contribution in [1.29, 1.82) is 0 Å². The lowest BCUT2D eigenvalue weighted by Crippen LogP contribution is -2.38. The quantitative estimate of drug-likeness (QED) is 0.751. The summed E-state index contributed by atoms with van der Waals surface area (Å²) in [6.07, 6.45) is 0. The summed E-state index contributed by atoms with van der Waals surface area (Å²) in [5.74, 6) is -0.203. The smallest absolute Gasteiger partial charge is 0.275 e. The highest BCUT2D eigenvalue weighted by Gasteiger charge is 2.24. The molecular weight excluding hydrogens is 350 g/mol. The third-order valence-electron chi connectivity index (χ3n) is 4.13. The summed E-state index contributed by atoms with van der Waals surface area (Å²) in [6.45, 7) is 7.79. The number of benzene rings is 2. The first-order valence-electron chi connectivity index (χ1n) is 8.45. The van der Waals surface area contributed by atoms with Crippen LogP contribution in [0.15, 0.2) is 47.3 Å². The third-order valence-corrected chi connectivity index (χ3v) is 4.37. The van der Waals surface area contributed by atoms with Crippen LogP contribution in [-0.4, -0.2) is 15.3 Å². The minimum Gasteiger partial charge on any atom is -0.324 e. The van der Waals surface area contributed by atoms with Gasteiger partial charge in [-0.1, -0.05) is 23.7 Å². The molecule has 0 saturated carbocycles. The van der Waals surface area contributed by atoms with Gasteiger partial charge >= 0.3 is 0 Å². The number of nitrogens with one attached hydrogen (secondary N) is 1. The number of aromatic nitrogens is 2. The Morgan fingerprint density at radius 2 is 1.88 bits per heavy atom. The second-order valence-electron chi connectivity index (χ2n) is 7.42. The Balaban J connectivity index is 2.04. The lowest BCUT2D eigenvalue weighted by atomic mass is 10.1. The summed E-state index contributed by atoms with van der Waals surface area (Å²) in [6, 6.07) is 12.7. The van der Waals surface area contributed by atoms with Crippen molar-refractivity contribution in [3.8, 4) is 0 Å². The van der Waals surface area contributed by atoms with Crippen molar-refractivity contribution in [2.45, 2.75) is 39.8 Å². The van der Waals surface area contributed by atoms with Gasteiger partial charge in [-0.2, -0.15) is 0 Å². The highest BCUT2D eigenvalue weighted by atomic mass is 35.5. The molecule has 2 aromatic carbocycles. The average molecular weight is 372 g/mol. The van der Waals surface area contributed by atoms with E-state index in [1.165, 1.54) is 0 Å². The minimum atomic E-state index is -0.480. The lowest BCUT2D eigenvalue weighted by Gasteiger charge is -2.24. The van der Waals surface area contributed by atoms with Gasteiger partial charge < -0.3 is 5.32 Å². The van der Waals surface area contributed by atoms with Gasteiger partial charge in [-0.25, -0.2) is 4.68 Å². The minimum absolute atomic E-state index is 0.0181. The van der Waals surface area contributed by atoms with Crippen molar-refractivity contribution in [1.82, 2.24) is 9.36 Å². The highest BCUT2D eigenvalue weighted by Crippen LogP contribution is 2.22. The summed E-state index contributed by atoms with van der Waals surface area (Å²) in [5.41, 5.74) is 1.83. The molecule has 136 valence electrons. The highest BCUT2D eigenvalue weighted by molar-refractivity contribution is 6.31. The summed E-state index contributed by atoms with van der Waals surface area (Å²) in [4.78, 5) is 25.5. The van der Waals surface area contributed by atoms with Crippen molar-refractivity contribution in [3.63, 3.8) is 0 Å². The van der Waals surface area contributed by atoms with Crippen LogP contribution in [0, 0.1) is 6.92 Å². The molecule has 1 aromatic heterocycles. The lowest BCUT2D eigenvalue weighted by molar-refractivity contribution is -0.117. The zero-order valence-electron chi connectivity index (χ0n) is 15.3. The number of rotatable bonds is 3. The standard InChI is InChI=1S/C20H22ClN3O2/c1-13-6-5-7-15(10-13)22-18(25)12-23-17-11-14(21)8-9-16(17)19(26)24(23)20(2,3)4/h5-11H,12H2,1-4H3,(H,22,25). The molecule has 3 aromatic rings. The van der Waals surface area contributed by atoms with E-state index in [9.17, 15) is 9.59 Å². The number of fused-ring (bicyclic) bond motifs is 1. The van der Waals surface area contributed by atoms with E-state index in [0.29, 0.717) is 15.9 Å². The average Bonchev–Trinajstić information content (AvgIpc) is 2.79. The SMILES string of the molecule is Cc1cccc(NC(=O)Cn2c3cc(Cl)ccc3c(=O)n2C(C)(C)C)c1. The van der Waals surface area contributed by atoms with Crippen LogP contribution in [0.4, 0.5) is 5.69 Å². The normalized spacial score (nSPS) is 11.7. The number of nitrogens with zero attached hydrogens (tertiary/aromatic N) is 2. The Kier molecular flexibility index (Phi) is 4.67. The molecule has 0 aliphatic rings. The van der Waals surface area contributed by atoms with E-state index >= 15 is 0 Å². The van der Waals surface area contributed by atoms with E-state index in [1.807, 2.05) is 52.0 Å².